The molecule has 2 heterocycles. The molecule has 1 aromatic heterocycles. The van der Waals surface area contributed by atoms with E-state index in [0.29, 0.717) is 0 Å². The Balaban J connectivity index is 0.00000120. The van der Waals surface area contributed by atoms with E-state index >= 15 is 0 Å². The molecule has 1 aliphatic heterocycles. The van der Waals surface area contributed by atoms with Gasteiger partial charge in [-0.05, 0) is 25.0 Å². The highest BCUT2D eigenvalue weighted by Crippen LogP contribution is 2.26. The zero-order valence-electron chi connectivity index (χ0n) is 10.1. The Hall–Kier alpha value is -0.800. The van der Waals surface area contributed by atoms with Crippen LogP contribution in [0.4, 0.5) is 0 Å². The average molecular weight is 327 g/mol. The van der Waals surface area contributed by atoms with Crippen molar-refractivity contribution in [1.82, 2.24) is 9.55 Å². The summed E-state index contributed by atoms with van der Waals surface area (Å²) in [5.41, 5.74) is 2.50. The second-order valence-corrected chi connectivity index (χ2v) is 5.45. The standard InChI is InChI=1S/C14H15BrN2.ClH/c15-12-6-4-5-11(9-12)13-10-16-14-7-2-1-3-8-17(13)14;/h4-6,9-10H,1-3,7-8H2;1H/p-1. The number of rotatable bonds is 1. The largest absolute Gasteiger partial charge is 1.00 e. The third-order valence-electron chi connectivity index (χ3n) is 3.34. The van der Waals surface area contributed by atoms with Crippen LogP contribution in [0.5, 0.6) is 0 Å². The molecule has 0 radical (unpaired) electrons. The Morgan fingerprint density at radius 3 is 2.89 bits per heavy atom. The number of hydrogen-bond acceptors (Lipinski definition) is 1. The molecule has 0 saturated heterocycles. The fraction of sp³-hybridized carbons (Fsp3) is 0.357. The number of aromatic nitrogens is 2. The minimum absolute atomic E-state index is 0. The van der Waals surface area contributed by atoms with Crippen LogP contribution in [0, 0.1) is 0 Å². The molecule has 0 atom stereocenters. The molecule has 0 saturated carbocycles. The van der Waals surface area contributed by atoms with Gasteiger partial charge in [0.05, 0.1) is 11.9 Å². The maximum Gasteiger partial charge on any atom is 0.109 e. The van der Waals surface area contributed by atoms with Gasteiger partial charge in [0, 0.05) is 23.0 Å². The molecule has 0 spiro atoms. The van der Waals surface area contributed by atoms with Gasteiger partial charge in [-0.1, -0.05) is 34.5 Å². The van der Waals surface area contributed by atoms with Gasteiger partial charge in [-0.15, -0.1) is 0 Å². The smallest absolute Gasteiger partial charge is 0.109 e. The summed E-state index contributed by atoms with van der Waals surface area (Å²) in [5.74, 6) is 1.25. The first kappa shape index (κ1) is 13.6. The highest BCUT2D eigenvalue weighted by Gasteiger charge is 2.13. The molecule has 2 nitrogen and oxygen atoms in total. The Morgan fingerprint density at radius 2 is 2.06 bits per heavy atom. The molecule has 0 fully saturated rings. The molecule has 4 heteroatoms. The van der Waals surface area contributed by atoms with Crippen molar-refractivity contribution < 1.29 is 12.4 Å². The minimum Gasteiger partial charge on any atom is -1.00 e. The van der Waals surface area contributed by atoms with Crippen LogP contribution in [0.1, 0.15) is 25.1 Å². The summed E-state index contributed by atoms with van der Waals surface area (Å²) in [7, 11) is 0. The van der Waals surface area contributed by atoms with Gasteiger partial charge in [-0.3, -0.25) is 0 Å². The van der Waals surface area contributed by atoms with Gasteiger partial charge in [0.15, 0.2) is 0 Å². The zero-order chi connectivity index (χ0) is 11.7. The molecule has 0 aliphatic carbocycles. The van der Waals surface area contributed by atoms with Crippen molar-refractivity contribution >= 4 is 15.9 Å². The normalized spacial score (nSPS) is 14.5. The number of halogens is 2. The van der Waals surface area contributed by atoms with Crippen LogP contribution >= 0.6 is 15.9 Å². The minimum atomic E-state index is 0. The van der Waals surface area contributed by atoms with Crippen LogP contribution in [0.3, 0.4) is 0 Å². The number of benzene rings is 1. The van der Waals surface area contributed by atoms with E-state index in [-0.39, 0.29) is 12.4 Å². The third-order valence-corrected chi connectivity index (χ3v) is 3.83. The summed E-state index contributed by atoms with van der Waals surface area (Å²) in [5, 5.41) is 0. The van der Waals surface area contributed by atoms with Crippen LogP contribution in [0.25, 0.3) is 11.3 Å². The van der Waals surface area contributed by atoms with E-state index in [0.717, 1.165) is 17.4 Å². The molecule has 0 amide bonds. The lowest BCUT2D eigenvalue weighted by Crippen LogP contribution is -3.00. The van der Waals surface area contributed by atoms with Crippen molar-refractivity contribution in [3.8, 4) is 11.3 Å². The number of hydrogen-bond donors (Lipinski definition) is 0. The summed E-state index contributed by atoms with van der Waals surface area (Å²) >= 11 is 3.53. The number of imidazole rings is 1. The summed E-state index contributed by atoms with van der Waals surface area (Å²) in [6, 6.07) is 8.45. The fourth-order valence-corrected chi connectivity index (χ4v) is 2.87. The lowest BCUT2D eigenvalue weighted by atomic mass is 10.1. The summed E-state index contributed by atoms with van der Waals surface area (Å²) < 4.78 is 3.51. The summed E-state index contributed by atoms with van der Waals surface area (Å²) in [6.07, 6.45) is 7.00. The Morgan fingerprint density at radius 1 is 1.17 bits per heavy atom. The SMILES string of the molecule is Brc1cccc(-c2cnc3n2CCCCC3)c1.[Cl-]. The van der Waals surface area contributed by atoms with E-state index in [2.05, 4.69) is 49.7 Å². The molecule has 1 aromatic carbocycles. The molecule has 0 unspecified atom stereocenters. The van der Waals surface area contributed by atoms with Crippen LogP contribution in [0.2, 0.25) is 0 Å². The van der Waals surface area contributed by atoms with Crippen molar-refractivity contribution in [3.63, 3.8) is 0 Å². The number of aryl methyl sites for hydroxylation is 1. The van der Waals surface area contributed by atoms with Crippen LogP contribution in [0.15, 0.2) is 34.9 Å². The van der Waals surface area contributed by atoms with Crippen LogP contribution in [-0.2, 0) is 13.0 Å². The average Bonchev–Trinajstić information content (AvgIpc) is 2.59. The van der Waals surface area contributed by atoms with Crippen molar-refractivity contribution in [2.75, 3.05) is 0 Å². The Labute approximate surface area is 122 Å². The molecule has 0 N–H and O–H groups in total. The molecular formula is C14H15BrClN2-. The monoisotopic (exact) mass is 325 g/mol. The molecule has 96 valence electrons. The molecule has 2 aromatic rings. The summed E-state index contributed by atoms with van der Waals surface area (Å²) in [4.78, 5) is 4.57. The van der Waals surface area contributed by atoms with E-state index in [9.17, 15) is 0 Å². The van der Waals surface area contributed by atoms with Crippen LogP contribution in [-0.4, -0.2) is 9.55 Å². The maximum absolute atomic E-state index is 4.57. The van der Waals surface area contributed by atoms with Gasteiger partial charge >= 0.3 is 0 Å². The van der Waals surface area contributed by atoms with Gasteiger partial charge in [-0.25, -0.2) is 4.98 Å². The first-order chi connectivity index (χ1) is 8.34. The van der Waals surface area contributed by atoms with E-state index in [4.69, 9.17) is 0 Å². The van der Waals surface area contributed by atoms with E-state index < -0.39 is 0 Å². The van der Waals surface area contributed by atoms with Crippen molar-refractivity contribution in [2.24, 2.45) is 0 Å². The van der Waals surface area contributed by atoms with Gasteiger partial charge in [0.25, 0.3) is 0 Å². The Kier molecular flexibility index (Phi) is 4.46. The molecule has 3 rings (SSSR count). The van der Waals surface area contributed by atoms with Crippen molar-refractivity contribution in [2.45, 2.75) is 32.2 Å². The highest BCUT2D eigenvalue weighted by atomic mass is 79.9. The quantitative estimate of drug-likeness (QED) is 0.766. The Bertz CT molecular complexity index is 536. The molecule has 1 aliphatic rings. The zero-order valence-corrected chi connectivity index (χ0v) is 12.4. The van der Waals surface area contributed by atoms with Gasteiger partial charge in [0.1, 0.15) is 5.82 Å². The van der Waals surface area contributed by atoms with Gasteiger partial charge in [0.2, 0.25) is 0 Å². The van der Waals surface area contributed by atoms with Crippen molar-refractivity contribution in [3.05, 3.63) is 40.8 Å². The predicted molar refractivity (Wildman–Crippen MR) is 72.9 cm³/mol. The lowest BCUT2D eigenvalue weighted by molar-refractivity contribution is -0.00000340. The van der Waals surface area contributed by atoms with Crippen LogP contribution < -0.4 is 12.4 Å². The number of nitrogens with zero attached hydrogens (tertiary/aromatic N) is 2. The van der Waals surface area contributed by atoms with E-state index in [1.165, 1.54) is 36.3 Å². The van der Waals surface area contributed by atoms with Gasteiger partial charge < -0.3 is 17.0 Å². The second-order valence-electron chi connectivity index (χ2n) is 4.53. The molecule has 0 bridgehead atoms. The summed E-state index contributed by atoms with van der Waals surface area (Å²) in [6.45, 7) is 1.11. The van der Waals surface area contributed by atoms with E-state index in [1.54, 1.807) is 0 Å². The third kappa shape index (κ3) is 2.62. The molecular weight excluding hydrogens is 312 g/mol. The second kappa shape index (κ2) is 5.89. The first-order valence-corrected chi connectivity index (χ1v) is 6.94. The lowest BCUT2D eigenvalue weighted by Gasteiger charge is -2.09. The molecule has 18 heavy (non-hydrogen) atoms. The predicted octanol–water partition coefficient (Wildman–Crippen LogP) is 1.04. The maximum atomic E-state index is 4.57. The fourth-order valence-electron chi connectivity index (χ4n) is 2.47. The van der Waals surface area contributed by atoms with E-state index in [1.807, 2.05) is 6.20 Å². The topological polar surface area (TPSA) is 17.8 Å². The highest BCUT2D eigenvalue weighted by molar-refractivity contribution is 9.10. The van der Waals surface area contributed by atoms with Crippen molar-refractivity contribution in [1.29, 1.82) is 0 Å². The van der Waals surface area contributed by atoms with Gasteiger partial charge in [-0.2, -0.15) is 0 Å². The first-order valence-electron chi connectivity index (χ1n) is 6.15. The number of fused-ring (bicyclic) bond motifs is 1.